The average Bonchev–Trinajstić information content (AvgIpc) is 3.31. The number of ether oxygens (including phenoxy) is 2. The summed E-state index contributed by atoms with van der Waals surface area (Å²) in [4.78, 5) is 26.5. The Bertz CT molecular complexity index is 1060. The summed E-state index contributed by atoms with van der Waals surface area (Å²) in [5.41, 5.74) is 1.52. The third-order valence-corrected chi connectivity index (χ3v) is 5.24. The second-order valence-electron chi connectivity index (χ2n) is 7.25. The lowest BCUT2D eigenvalue weighted by Gasteiger charge is -2.12. The number of hydrogen-bond acceptors (Lipinski definition) is 5. The molecule has 0 aliphatic heterocycles. The Morgan fingerprint density at radius 3 is 2.28 bits per heavy atom. The number of rotatable bonds is 9. The molecule has 6 nitrogen and oxygen atoms in total. The van der Waals surface area contributed by atoms with Crippen LogP contribution in [0.25, 0.3) is 6.08 Å². The molecule has 7 heteroatoms. The number of carbonyl (C=O) groups is 2. The summed E-state index contributed by atoms with van der Waals surface area (Å²) in [5.74, 6) is 0.683. The molecule has 2 aromatic carbocycles. The van der Waals surface area contributed by atoms with E-state index in [0.29, 0.717) is 17.9 Å². The fraction of sp³-hybridized carbons (Fsp3) is 0.200. The van der Waals surface area contributed by atoms with Gasteiger partial charge in [-0.2, -0.15) is 0 Å². The minimum absolute atomic E-state index is 0.0970. The molecule has 0 radical (unpaired) electrons. The molecule has 0 unspecified atom stereocenters. The van der Waals surface area contributed by atoms with Crippen LogP contribution < -0.4 is 20.1 Å². The van der Waals surface area contributed by atoms with Crippen molar-refractivity contribution in [1.82, 2.24) is 10.6 Å². The van der Waals surface area contributed by atoms with Crippen molar-refractivity contribution in [3.8, 4) is 11.5 Å². The molecule has 3 aromatic rings. The Balaban J connectivity index is 1.69. The smallest absolute Gasteiger partial charge is 0.268 e. The number of benzene rings is 2. The summed E-state index contributed by atoms with van der Waals surface area (Å²) in [6, 6.07) is 18.0. The maximum absolute atomic E-state index is 12.9. The number of amides is 2. The highest BCUT2D eigenvalue weighted by Gasteiger charge is 2.15. The second-order valence-corrected chi connectivity index (χ2v) is 8.23. The molecule has 32 heavy (non-hydrogen) atoms. The van der Waals surface area contributed by atoms with Crippen molar-refractivity contribution in [3.05, 3.63) is 87.7 Å². The van der Waals surface area contributed by atoms with E-state index in [2.05, 4.69) is 10.6 Å². The van der Waals surface area contributed by atoms with E-state index in [9.17, 15) is 9.59 Å². The van der Waals surface area contributed by atoms with Gasteiger partial charge in [0.15, 0.2) is 0 Å². The molecule has 0 fully saturated rings. The largest absolute Gasteiger partial charge is 0.497 e. The van der Waals surface area contributed by atoms with Crippen LogP contribution >= 0.6 is 11.3 Å². The van der Waals surface area contributed by atoms with Crippen LogP contribution in [-0.2, 0) is 11.3 Å². The van der Waals surface area contributed by atoms with Crippen molar-refractivity contribution in [2.75, 3.05) is 7.11 Å². The third-order valence-electron chi connectivity index (χ3n) is 4.42. The van der Waals surface area contributed by atoms with Gasteiger partial charge in [-0.05, 0) is 73.3 Å². The topological polar surface area (TPSA) is 76.7 Å². The average molecular weight is 451 g/mol. The maximum Gasteiger partial charge on any atom is 0.268 e. The Kier molecular flexibility index (Phi) is 8.05. The van der Waals surface area contributed by atoms with Gasteiger partial charge in [-0.15, -0.1) is 11.3 Å². The third kappa shape index (κ3) is 6.72. The molecule has 0 aliphatic rings. The van der Waals surface area contributed by atoms with E-state index in [4.69, 9.17) is 9.47 Å². The lowest BCUT2D eigenvalue weighted by atomic mass is 10.2. The van der Waals surface area contributed by atoms with Gasteiger partial charge in [0.1, 0.15) is 17.2 Å². The summed E-state index contributed by atoms with van der Waals surface area (Å²) < 4.78 is 10.8. The molecular formula is C25H26N2O4S. The van der Waals surface area contributed by atoms with Crippen molar-refractivity contribution in [3.63, 3.8) is 0 Å². The van der Waals surface area contributed by atoms with Crippen LogP contribution in [0.1, 0.15) is 34.6 Å². The summed E-state index contributed by atoms with van der Waals surface area (Å²) in [6.07, 6.45) is 1.76. The number of hydrogen-bond donors (Lipinski definition) is 2. The first kappa shape index (κ1) is 23.1. The van der Waals surface area contributed by atoms with Crippen molar-refractivity contribution >= 4 is 29.2 Å². The minimum atomic E-state index is -0.374. The molecule has 0 saturated carbocycles. The second kappa shape index (κ2) is 11.2. The quantitative estimate of drug-likeness (QED) is 0.466. The fourth-order valence-electron chi connectivity index (χ4n) is 2.85. The van der Waals surface area contributed by atoms with Crippen LogP contribution in [0.15, 0.2) is 71.7 Å². The lowest BCUT2D eigenvalue weighted by molar-refractivity contribution is -0.117. The molecule has 3 rings (SSSR count). The maximum atomic E-state index is 12.9. The van der Waals surface area contributed by atoms with E-state index in [1.807, 2.05) is 55.6 Å². The normalized spacial score (nSPS) is 11.2. The van der Waals surface area contributed by atoms with Gasteiger partial charge in [0.25, 0.3) is 11.8 Å². The fourth-order valence-corrected chi connectivity index (χ4v) is 3.50. The van der Waals surface area contributed by atoms with Crippen molar-refractivity contribution < 1.29 is 19.1 Å². The van der Waals surface area contributed by atoms with Gasteiger partial charge in [-0.3, -0.25) is 9.59 Å². The number of nitrogens with one attached hydrogen (secondary N) is 2. The zero-order valence-electron chi connectivity index (χ0n) is 18.3. The Morgan fingerprint density at radius 1 is 1.00 bits per heavy atom. The number of thiophene rings is 1. The highest BCUT2D eigenvalue weighted by Crippen LogP contribution is 2.16. The summed E-state index contributed by atoms with van der Waals surface area (Å²) in [5, 5.41) is 7.51. The lowest BCUT2D eigenvalue weighted by Crippen LogP contribution is -2.34. The standard InChI is InChI=1S/C25H26N2O4S/c1-17(2)31-21-10-6-18(7-11-21)16-26-25(29)23(15-22-5-4-14-32-22)27-24(28)19-8-12-20(30-3)13-9-19/h4-15,17H,16H2,1-3H3,(H,26,29)(H,27,28)/b23-15-. The van der Waals surface area contributed by atoms with Crippen LogP contribution in [-0.4, -0.2) is 25.0 Å². The Morgan fingerprint density at radius 2 is 1.69 bits per heavy atom. The molecule has 1 aromatic heterocycles. The number of carbonyl (C=O) groups excluding carboxylic acids is 2. The van der Waals surface area contributed by atoms with Crippen molar-refractivity contribution in [2.24, 2.45) is 0 Å². The highest BCUT2D eigenvalue weighted by atomic mass is 32.1. The van der Waals surface area contributed by atoms with E-state index in [1.54, 1.807) is 37.5 Å². The number of methoxy groups -OCH3 is 1. The van der Waals surface area contributed by atoms with Gasteiger partial charge in [0, 0.05) is 17.0 Å². The van der Waals surface area contributed by atoms with Crippen molar-refractivity contribution in [2.45, 2.75) is 26.5 Å². The first-order valence-electron chi connectivity index (χ1n) is 10.2. The molecule has 166 valence electrons. The molecule has 0 saturated heterocycles. The molecule has 1 heterocycles. The zero-order chi connectivity index (χ0) is 22.9. The SMILES string of the molecule is COc1ccc(C(=O)N/C(=C\c2cccs2)C(=O)NCc2ccc(OC(C)C)cc2)cc1. The van der Waals surface area contributed by atoms with Crippen LogP contribution in [0.2, 0.25) is 0 Å². The van der Waals surface area contributed by atoms with Gasteiger partial charge in [0.05, 0.1) is 13.2 Å². The van der Waals surface area contributed by atoms with Gasteiger partial charge in [-0.25, -0.2) is 0 Å². The van der Waals surface area contributed by atoms with E-state index < -0.39 is 0 Å². The molecular weight excluding hydrogens is 424 g/mol. The van der Waals surface area contributed by atoms with Crippen LogP contribution in [0.5, 0.6) is 11.5 Å². The first-order chi connectivity index (χ1) is 15.4. The van der Waals surface area contributed by atoms with Gasteiger partial charge in [0.2, 0.25) is 0 Å². The van der Waals surface area contributed by atoms with Crippen molar-refractivity contribution in [1.29, 1.82) is 0 Å². The Labute approximate surface area is 191 Å². The predicted octanol–water partition coefficient (Wildman–Crippen LogP) is 4.63. The van der Waals surface area contributed by atoms with Crippen LogP contribution in [0.4, 0.5) is 0 Å². The summed E-state index contributed by atoms with van der Waals surface area (Å²) in [6.45, 7) is 4.26. The zero-order valence-corrected chi connectivity index (χ0v) is 19.1. The van der Waals surface area contributed by atoms with E-state index >= 15 is 0 Å². The summed E-state index contributed by atoms with van der Waals surface area (Å²) >= 11 is 1.48. The van der Waals surface area contributed by atoms with Crippen LogP contribution in [0.3, 0.4) is 0 Å². The Hall–Kier alpha value is -3.58. The molecule has 0 aliphatic carbocycles. The van der Waals surface area contributed by atoms with E-state index in [0.717, 1.165) is 16.2 Å². The van der Waals surface area contributed by atoms with Gasteiger partial charge >= 0.3 is 0 Å². The van der Waals surface area contributed by atoms with E-state index in [1.165, 1.54) is 11.3 Å². The highest BCUT2D eigenvalue weighted by molar-refractivity contribution is 7.10. The van der Waals surface area contributed by atoms with E-state index in [-0.39, 0.29) is 23.6 Å². The monoisotopic (exact) mass is 450 g/mol. The van der Waals surface area contributed by atoms with Crippen LogP contribution in [0, 0.1) is 0 Å². The first-order valence-corrected chi connectivity index (χ1v) is 11.1. The molecule has 0 bridgehead atoms. The molecule has 2 amide bonds. The van der Waals surface area contributed by atoms with Gasteiger partial charge < -0.3 is 20.1 Å². The molecule has 0 atom stereocenters. The minimum Gasteiger partial charge on any atom is -0.497 e. The molecule has 2 N–H and O–H groups in total. The predicted molar refractivity (Wildman–Crippen MR) is 127 cm³/mol. The van der Waals surface area contributed by atoms with Gasteiger partial charge in [-0.1, -0.05) is 18.2 Å². The molecule has 0 spiro atoms. The summed E-state index contributed by atoms with van der Waals surface area (Å²) in [7, 11) is 1.56.